The molecule has 37 heavy (non-hydrogen) atoms. The molecule has 2 N–H and O–H groups in total. The van der Waals surface area contributed by atoms with Crippen LogP contribution >= 0.6 is 23.1 Å². The third-order valence-corrected chi connectivity index (χ3v) is 6.81. The summed E-state index contributed by atoms with van der Waals surface area (Å²) in [5, 5.41) is 15.6. The smallest absolute Gasteiger partial charge is 0.387 e. The fourth-order valence-electron chi connectivity index (χ4n) is 3.15. The Morgan fingerprint density at radius 3 is 2.54 bits per heavy atom. The Labute approximate surface area is 216 Å². The first-order valence-electron chi connectivity index (χ1n) is 10.5. The van der Waals surface area contributed by atoms with E-state index < -0.39 is 24.2 Å². The highest BCUT2D eigenvalue weighted by Gasteiger charge is 2.19. The molecule has 0 bridgehead atoms. The lowest BCUT2D eigenvalue weighted by Crippen LogP contribution is -2.16. The first-order chi connectivity index (χ1) is 17.8. The molecule has 1 amide bonds. The summed E-state index contributed by atoms with van der Waals surface area (Å²) in [6.07, 6.45) is 0. The molecule has 0 saturated carbocycles. The van der Waals surface area contributed by atoms with Gasteiger partial charge in [0, 0.05) is 6.07 Å². The number of anilines is 2. The molecule has 188 valence electrons. The number of amides is 1. The first kappa shape index (κ1) is 26.0. The van der Waals surface area contributed by atoms with Crippen molar-refractivity contribution in [3.63, 3.8) is 0 Å². The van der Waals surface area contributed by atoms with Crippen LogP contribution in [0.3, 0.4) is 0 Å². The molecule has 0 fully saturated rings. The van der Waals surface area contributed by atoms with Crippen molar-refractivity contribution in [1.29, 1.82) is 5.26 Å². The standard InChI is InChI=1S/C25H16F4N4O2S2/c26-14-9-10-17(16(27)11-14)32-23(15(12-30)24-33-19-6-2-4-8-21(19)37-24)36-13-22(34)31-18-5-1-3-7-20(18)35-25(28)29/h1-11,25,32H,13H2,(H,31,34)/b23-15+. The fourth-order valence-corrected chi connectivity index (χ4v) is 5.00. The van der Waals surface area contributed by atoms with Gasteiger partial charge in [-0.3, -0.25) is 4.79 Å². The largest absolute Gasteiger partial charge is 0.433 e. The predicted molar refractivity (Wildman–Crippen MR) is 136 cm³/mol. The van der Waals surface area contributed by atoms with Crippen LogP contribution in [0.4, 0.5) is 28.9 Å². The number of allylic oxidation sites excluding steroid dienone is 1. The first-order valence-corrected chi connectivity index (χ1v) is 12.3. The van der Waals surface area contributed by atoms with E-state index in [9.17, 15) is 27.6 Å². The topological polar surface area (TPSA) is 87.0 Å². The minimum Gasteiger partial charge on any atom is -0.433 e. The highest BCUT2D eigenvalue weighted by atomic mass is 32.2. The molecule has 12 heteroatoms. The van der Waals surface area contributed by atoms with Crippen LogP contribution < -0.4 is 15.4 Å². The number of carbonyl (C=O) groups excluding carboxylic acids is 1. The highest BCUT2D eigenvalue weighted by Crippen LogP contribution is 2.34. The van der Waals surface area contributed by atoms with E-state index in [0.29, 0.717) is 16.6 Å². The quantitative estimate of drug-likeness (QED) is 0.177. The Morgan fingerprint density at radius 2 is 1.81 bits per heavy atom. The van der Waals surface area contributed by atoms with E-state index in [4.69, 9.17) is 0 Å². The van der Waals surface area contributed by atoms with Crippen molar-refractivity contribution >= 4 is 56.2 Å². The zero-order chi connectivity index (χ0) is 26.4. The third-order valence-electron chi connectivity index (χ3n) is 4.75. The maximum absolute atomic E-state index is 14.4. The summed E-state index contributed by atoms with van der Waals surface area (Å²) in [5.41, 5.74) is 0.613. The maximum Gasteiger partial charge on any atom is 0.387 e. The Morgan fingerprint density at radius 1 is 1.05 bits per heavy atom. The average Bonchev–Trinajstić information content (AvgIpc) is 3.29. The van der Waals surface area contributed by atoms with E-state index in [1.807, 2.05) is 18.2 Å². The van der Waals surface area contributed by atoms with Gasteiger partial charge in [0.1, 0.15) is 34.0 Å². The summed E-state index contributed by atoms with van der Waals surface area (Å²) in [6, 6.07) is 17.8. The number of aromatic nitrogens is 1. The van der Waals surface area contributed by atoms with Gasteiger partial charge in [0.25, 0.3) is 0 Å². The minimum atomic E-state index is -3.08. The van der Waals surface area contributed by atoms with Crippen molar-refractivity contribution in [3.8, 4) is 11.8 Å². The van der Waals surface area contributed by atoms with Gasteiger partial charge in [-0.05, 0) is 36.4 Å². The van der Waals surface area contributed by atoms with Crippen LogP contribution in [0.5, 0.6) is 5.75 Å². The Bertz CT molecular complexity index is 1490. The van der Waals surface area contributed by atoms with E-state index >= 15 is 0 Å². The summed E-state index contributed by atoms with van der Waals surface area (Å²) in [4.78, 5) is 17.1. The number of nitriles is 1. The number of alkyl halides is 2. The zero-order valence-corrected chi connectivity index (χ0v) is 20.3. The molecule has 0 radical (unpaired) electrons. The Kier molecular flexibility index (Phi) is 8.27. The van der Waals surface area contributed by atoms with Crippen LogP contribution in [0.25, 0.3) is 15.8 Å². The highest BCUT2D eigenvalue weighted by molar-refractivity contribution is 8.04. The van der Waals surface area contributed by atoms with E-state index in [2.05, 4.69) is 20.4 Å². The average molecular weight is 545 g/mol. The van der Waals surface area contributed by atoms with Crippen molar-refractivity contribution in [2.24, 2.45) is 0 Å². The zero-order valence-electron chi connectivity index (χ0n) is 18.7. The number of nitrogens with one attached hydrogen (secondary N) is 2. The number of halogens is 4. The van der Waals surface area contributed by atoms with Crippen molar-refractivity contribution in [1.82, 2.24) is 4.98 Å². The molecule has 0 aliphatic rings. The number of rotatable bonds is 9. The van der Waals surface area contributed by atoms with Crippen LogP contribution in [0.15, 0.2) is 71.8 Å². The Balaban J connectivity index is 1.63. The molecule has 4 aromatic rings. The van der Waals surface area contributed by atoms with Crippen LogP contribution in [0.2, 0.25) is 0 Å². The lowest BCUT2D eigenvalue weighted by atomic mass is 10.3. The van der Waals surface area contributed by atoms with Gasteiger partial charge in [0.2, 0.25) is 5.91 Å². The molecule has 0 aliphatic heterocycles. The van der Waals surface area contributed by atoms with Crippen molar-refractivity contribution in [3.05, 3.63) is 88.4 Å². The molecule has 0 spiro atoms. The molecule has 0 unspecified atom stereocenters. The summed E-state index contributed by atoms with van der Waals surface area (Å²) < 4.78 is 58.4. The number of fused-ring (bicyclic) bond motifs is 1. The molecule has 1 aromatic heterocycles. The summed E-state index contributed by atoms with van der Waals surface area (Å²) in [7, 11) is 0. The number of hydrogen-bond donors (Lipinski definition) is 2. The van der Waals surface area contributed by atoms with E-state index in [1.165, 1.54) is 35.6 Å². The van der Waals surface area contributed by atoms with E-state index in [-0.39, 0.29) is 33.5 Å². The normalized spacial score (nSPS) is 11.7. The number of hydrogen-bond acceptors (Lipinski definition) is 7. The number of benzene rings is 3. The lowest BCUT2D eigenvalue weighted by molar-refractivity contribution is -0.113. The fraction of sp³-hybridized carbons (Fsp3) is 0.0800. The van der Waals surface area contributed by atoms with Crippen LogP contribution in [-0.4, -0.2) is 23.3 Å². The van der Waals surface area contributed by atoms with E-state index in [1.54, 1.807) is 12.1 Å². The molecular formula is C25H16F4N4O2S2. The van der Waals surface area contributed by atoms with E-state index in [0.717, 1.165) is 28.6 Å². The molecule has 0 aliphatic carbocycles. The number of nitrogens with zero attached hydrogens (tertiary/aromatic N) is 2. The van der Waals surface area contributed by atoms with Crippen molar-refractivity contribution < 1.29 is 27.1 Å². The van der Waals surface area contributed by atoms with Gasteiger partial charge >= 0.3 is 6.61 Å². The van der Waals surface area contributed by atoms with Gasteiger partial charge in [-0.2, -0.15) is 14.0 Å². The predicted octanol–water partition coefficient (Wildman–Crippen LogP) is 6.85. The number of thiazole rings is 1. The second-order valence-corrected chi connectivity index (χ2v) is 9.28. The summed E-state index contributed by atoms with van der Waals surface area (Å²) >= 11 is 2.10. The number of ether oxygens (including phenoxy) is 1. The molecular weight excluding hydrogens is 528 g/mol. The van der Waals surface area contributed by atoms with Gasteiger partial charge in [0.05, 0.1) is 32.4 Å². The van der Waals surface area contributed by atoms with Crippen LogP contribution in [0, 0.1) is 23.0 Å². The van der Waals surface area contributed by atoms with Gasteiger partial charge in [0.15, 0.2) is 0 Å². The monoisotopic (exact) mass is 544 g/mol. The summed E-state index contributed by atoms with van der Waals surface area (Å²) in [5.74, 6) is -2.79. The molecule has 4 rings (SSSR count). The molecule has 3 aromatic carbocycles. The van der Waals surface area contributed by atoms with Gasteiger partial charge < -0.3 is 15.4 Å². The molecule has 1 heterocycles. The Hall–Kier alpha value is -4.08. The molecule has 6 nitrogen and oxygen atoms in total. The lowest BCUT2D eigenvalue weighted by Gasteiger charge is -2.14. The minimum absolute atomic E-state index is 0.0307. The second-order valence-electron chi connectivity index (χ2n) is 7.26. The second kappa shape index (κ2) is 11.8. The van der Waals surface area contributed by atoms with Gasteiger partial charge in [-0.15, -0.1) is 11.3 Å². The molecule has 0 saturated heterocycles. The number of para-hydroxylation sites is 3. The maximum atomic E-state index is 14.4. The van der Waals surface area contributed by atoms with Crippen LogP contribution in [-0.2, 0) is 4.79 Å². The van der Waals surface area contributed by atoms with Gasteiger partial charge in [-0.1, -0.05) is 36.0 Å². The number of thioether (sulfide) groups is 1. The molecule has 0 atom stereocenters. The summed E-state index contributed by atoms with van der Waals surface area (Å²) in [6.45, 7) is -3.08. The van der Waals surface area contributed by atoms with Crippen molar-refractivity contribution in [2.45, 2.75) is 6.61 Å². The third kappa shape index (κ3) is 6.58. The van der Waals surface area contributed by atoms with Crippen molar-refractivity contribution in [2.75, 3.05) is 16.4 Å². The number of carbonyl (C=O) groups is 1. The van der Waals surface area contributed by atoms with Gasteiger partial charge in [-0.25, -0.2) is 13.8 Å². The van der Waals surface area contributed by atoms with Crippen LogP contribution in [0.1, 0.15) is 5.01 Å². The SMILES string of the molecule is N#C/C(=C(/Nc1ccc(F)cc1F)SCC(=O)Nc1ccccc1OC(F)F)c1nc2ccccc2s1.